The Bertz CT molecular complexity index is 109. The second-order valence-electron chi connectivity index (χ2n) is 5.38. The molecule has 0 bridgehead atoms. The number of hydrogen-bond donors (Lipinski definition) is 1. The van der Waals surface area contributed by atoms with Crippen molar-refractivity contribution in [1.82, 2.24) is 0 Å². The Morgan fingerprint density at radius 3 is 1.73 bits per heavy atom. The van der Waals surface area contributed by atoms with Crippen LogP contribution >= 0.6 is 0 Å². The average Bonchev–Trinajstić information content (AvgIpc) is 1.55. The molecule has 0 radical (unpaired) electrons. The van der Waals surface area contributed by atoms with Gasteiger partial charge in [0.2, 0.25) is 0 Å². The SMILES string of the molecule is CC(C)(C)CC(C)(C)CCO. The van der Waals surface area contributed by atoms with Gasteiger partial charge in [-0.15, -0.1) is 0 Å². The summed E-state index contributed by atoms with van der Waals surface area (Å²) in [7, 11) is 0. The van der Waals surface area contributed by atoms with Gasteiger partial charge in [0.05, 0.1) is 0 Å². The van der Waals surface area contributed by atoms with Crippen molar-refractivity contribution in [3.8, 4) is 0 Å². The molecule has 0 heterocycles. The van der Waals surface area contributed by atoms with Crippen molar-refractivity contribution in [3.05, 3.63) is 0 Å². The van der Waals surface area contributed by atoms with Crippen molar-refractivity contribution in [1.29, 1.82) is 0 Å². The third-order valence-corrected chi connectivity index (χ3v) is 1.80. The second kappa shape index (κ2) is 3.57. The van der Waals surface area contributed by atoms with E-state index in [1.54, 1.807) is 0 Å². The fourth-order valence-corrected chi connectivity index (χ4v) is 1.83. The van der Waals surface area contributed by atoms with Crippen molar-refractivity contribution < 1.29 is 5.11 Å². The molecule has 0 aromatic heterocycles. The van der Waals surface area contributed by atoms with Crippen LogP contribution in [-0.2, 0) is 0 Å². The lowest BCUT2D eigenvalue weighted by molar-refractivity contribution is 0.155. The van der Waals surface area contributed by atoms with E-state index in [9.17, 15) is 0 Å². The van der Waals surface area contributed by atoms with E-state index in [0.717, 1.165) is 6.42 Å². The lowest BCUT2D eigenvalue weighted by Crippen LogP contribution is -2.21. The van der Waals surface area contributed by atoms with Crippen LogP contribution in [0.2, 0.25) is 0 Å². The maximum atomic E-state index is 8.80. The summed E-state index contributed by atoms with van der Waals surface area (Å²) in [6.07, 6.45) is 2.07. The minimum atomic E-state index is 0.285. The van der Waals surface area contributed by atoms with Crippen LogP contribution in [0.1, 0.15) is 47.5 Å². The van der Waals surface area contributed by atoms with Gasteiger partial charge in [0, 0.05) is 6.61 Å². The summed E-state index contributed by atoms with van der Waals surface area (Å²) in [5, 5.41) is 8.80. The summed E-state index contributed by atoms with van der Waals surface area (Å²) in [5.74, 6) is 0. The fraction of sp³-hybridized carbons (Fsp3) is 1.00. The highest BCUT2D eigenvalue weighted by Crippen LogP contribution is 2.35. The second-order valence-corrected chi connectivity index (χ2v) is 5.38. The minimum absolute atomic E-state index is 0.285. The monoisotopic (exact) mass is 158 g/mol. The molecule has 68 valence electrons. The average molecular weight is 158 g/mol. The van der Waals surface area contributed by atoms with Gasteiger partial charge in [-0.05, 0) is 23.7 Å². The van der Waals surface area contributed by atoms with Gasteiger partial charge in [-0.2, -0.15) is 0 Å². The smallest absolute Gasteiger partial charge is 0.0436 e. The van der Waals surface area contributed by atoms with Crippen molar-refractivity contribution in [2.45, 2.75) is 47.5 Å². The van der Waals surface area contributed by atoms with E-state index in [1.165, 1.54) is 6.42 Å². The molecule has 0 amide bonds. The van der Waals surface area contributed by atoms with Gasteiger partial charge in [-0.25, -0.2) is 0 Å². The molecule has 11 heavy (non-hydrogen) atoms. The molecular formula is C10H22O. The Labute approximate surface area is 70.8 Å². The Balaban J connectivity index is 3.91. The van der Waals surface area contributed by atoms with Crippen LogP contribution in [0.5, 0.6) is 0 Å². The Morgan fingerprint density at radius 2 is 1.45 bits per heavy atom. The molecule has 0 saturated heterocycles. The van der Waals surface area contributed by atoms with Gasteiger partial charge in [0.1, 0.15) is 0 Å². The van der Waals surface area contributed by atoms with E-state index in [4.69, 9.17) is 5.11 Å². The third-order valence-electron chi connectivity index (χ3n) is 1.80. The molecule has 0 aromatic carbocycles. The molecule has 0 aliphatic heterocycles. The van der Waals surface area contributed by atoms with Crippen molar-refractivity contribution in [2.75, 3.05) is 6.61 Å². The fourth-order valence-electron chi connectivity index (χ4n) is 1.83. The molecule has 1 heteroatoms. The minimum Gasteiger partial charge on any atom is -0.396 e. The van der Waals surface area contributed by atoms with Gasteiger partial charge in [-0.1, -0.05) is 34.6 Å². The third kappa shape index (κ3) is 6.36. The molecule has 0 saturated carbocycles. The van der Waals surface area contributed by atoms with Crippen molar-refractivity contribution >= 4 is 0 Å². The molecule has 0 spiro atoms. The number of rotatable bonds is 3. The van der Waals surface area contributed by atoms with E-state index in [-0.39, 0.29) is 5.41 Å². The highest BCUT2D eigenvalue weighted by molar-refractivity contribution is 4.75. The van der Waals surface area contributed by atoms with Crippen LogP contribution < -0.4 is 0 Å². The van der Waals surface area contributed by atoms with Crippen LogP contribution in [0.3, 0.4) is 0 Å². The van der Waals surface area contributed by atoms with Gasteiger partial charge in [0.15, 0.2) is 0 Å². The number of aliphatic hydroxyl groups is 1. The molecule has 0 rings (SSSR count). The molecular weight excluding hydrogens is 136 g/mol. The molecule has 0 unspecified atom stereocenters. The lowest BCUT2D eigenvalue weighted by atomic mass is 9.75. The first-order valence-electron chi connectivity index (χ1n) is 4.38. The number of hydrogen-bond acceptors (Lipinski definition) is 1. The summed E-state index contributed by atoms with van der Waals surface area (Å²) in [6.45, 7) is 11.5. The zero-order chi connectivity index (χ0) is 9.12. The predicted molar refractivity (Wildman–Crippen MR) is 49.6 cm³/mol. The highest BCUT2D eigenvalue weighted by atomic mass is 16.3. The standard InChI is InChI=1S/C10H22O/c1-9(2,3)8-10(4,5)6-7-11/h11H,6-8H2,1-5H3. The van der Waals surface area contributed by atoms with Crippen molar-refractivity contribution in [2.24, 2.45) is 10.8 Å². The Kier molecular flexibility index (Phi) is 3.56. The molecule has 1 N–H and O–H groups in total. The maximum Gasteiger partial charge on any atom is 0.0436 e. The van der Waals surface area contributed by atoms with Crippen LogP contribution in [0.25, 0.3) is 0 Å². The summed E-state index contributed by atoms with van der Waals surface area (Å²) in [6, 6.07) is 0. The first kappa shape index (κ1) is 11.0. The quantitative estimate of drug-likeness (QED) is 0.669. The largest absolute Gasteiger partial charge is 0.396 e. The van der Waals surface area contributed by atoms with Gasteiger partial charge < -0.3 is 5.11 Å². The van der Waals surface area contributed by atoms with E-state index in [0.29, 0.717) is 12.0 Å². The molecule has 0 fully saturated rings. The lowest BCUT2D eigenvalue weighted by Gasteiger charge is -2.31. The first-order valence-corrected chi connectivity index (χ1v) is 4.38. The molecule has 0 aliphatic rings. The summed E-state index contributed by atoms with van der Waals surface area (Å²) < 4.78 is 0. The summed E-state index contributed by atoms with van der Waals surface area (Å²) in [5.41, 5.74) is 0.658. The van der Waals surface area contributed by atoms with Crippen LogP contribution in [0, 0.1) is 10.8 Å². The van der Waals surface area contributed by atoms with Crippen LogP contribution in [0.15, 0.2) is 0 Å². The van der Waals surface area contributed by atoms with Crippen LogP contribution in [-0.4, -0.2) is 11.7 Å². The highest BCUT2D eigenvalue weighted by Gasteiger charge is 2.24. The van der Waals surface area contributed by atoms with Crippen LogP contribution in [0.4, 0.5) is 0 Å². The van der Waals surface area contributed by atoms with Crippen molar-refractivity contribution in [3.63, 3.8) is 0 Å². The summed E-state index contributed by atoms with van der Waals surface area (Å²) >= 11 is 0. The van der Waals surface area contributed by atoms with Gasteiger partial charge >= 0.3 is 0 Å². The Hall–Kier alpha value is -0.0400. The zero-order valence-electron chi connectivity index (χ0n) is 8.57. The maximum absolute atomic E-state index is 8.80. The van der Waals surface area contributed by atoms with E-state index < -0.39 is 0 Å². The topological polar surface area (TPSA) is 20.2 Å². The van der Waals surface area contributed by atoms with E-state index in [2.05, 4.69) is 34.6 Å². The molecule has 0 atom stereocenters. The molecule has 1 nitrogen and oxygen atoms in total. The Morgan fingerprint density at radius 1 is 1.00 bits per heavy atom. The zero-order valence-corrected chi connectivity index (χ0v) is 8.57. The normalized spacial score (nSPS) is 13.6. The molecule has 0 aliphatic carbocycles. The van der Waals surface area contributed by atoms with E-state index in [1.807, 2.05) is 0 Å². The van der Waals surface area contributed by atoms with E-state index >= 15 is 0 Å². The summed E-state index contributed by atoms with van der Waals surface area (Å²) in [4.78, 5) is 0. The van der Waals surface area contributed by atoms with Gasteiger partial charge in [-0.3, -0.25) is 0 Å². The molecule has 0 aromatic rings. The van der Waals surface area contributed by atoms with Gasteiger partial charge in [0.25, 0.3) is 0 Å². The number of aliphatic hydroxyl groups excluding tert-OH is 1. The predicted octanol–water partition coefficient (Wildman–Crippen LogP) is 2.83. The first-order chi connectivity index (χ1) is 4.77.